The maximum atomic E-state index is 12.4. The molecule has 5 nitrogen and oxygen atoms in total. The van der Waals surface area contributed by atoms with E-state index in [1.807, 2.05) is 43.3 Å². The highest BCUT2D eigenvalue weighted by molar-refractivity contribution is 5.98. The molecule has 0 fully saturated rings. The number of rotatable bonds is 9. The molecule has 2 N–H and O–H groups in total. The maximum Gasteiger partial charge on any atom is 0.220 e. The summed E-state index contributed by atoms with van der Waals surface area (Å²) in [5.41, 5.74) is 4.53. The minimum atomic E-state index is -0.125. The monoisotopic (exact) mass is 402 g/mol. The highest BCUT2D eigenvalue weighted by atomic mass is 16.3. The Kier molecular flexibility index (Phi) is 7.33. The van der Waals surface area contributed by atoms with Crippen LogP contribution < -0.4 is 5.32 Å². The Bertz CT molecular complexity index is 999. The fourth-order valence-electron chi connectivity index (χ4n) is 3.25. The molecule has 0 spiro atoms. The zero-order valence-corrected chi connectivity index (χ0v) is 17.1. The first-order chi connectivity index (χ1) is 14.6. The van der Waals surface area contributed by atoms with Gasteiger partial charge in [0.25, 0.3) is 0 Å². The number of pyridine rings is 1. The number of Topliss-reactive ketones (excluding diaryl/α,β-unsaturated/α-hetero) is 1. The Hall–Kier alpha value is -3.47. The molecule has 3 rings (SSSR count). The number of amides is 1. The van der Waals surface area contributed by atoms with Crippen molar-refractivity contribution in [1.29, 1.82) is 0 Å². The molecular weight excluding hydrogens is 376 g/mol. The van der Waals surface area contributed by atoms with Gasteiger partial charge < -0.3 is 10.4 Å². The van der Waals surface area contributed by atoms with Gasteiger partial charge in [-0.2, -0.15) is 0 Å². The molecule has 2 aromatic carbocycles. The van der Waals surface area contributed by atoms with Gasteiger partial charge in [0.1, 0.15) is 5.75 Å². The zero-order chi connectivity index (χ0) is 21.3. The molecule has 0 bridgehead atoms. The van der Waals surface area contributed by atoms with Crippen LogP contribution in [0, 0.1) is 0 Å². The topological polar surface area (TPSA) is 79.3 Å². The van der Waals surface area contributed by atoms with Gasteiger partial charge in [-0.15, -0.1) is 0 Å². The number of hydrogen-bond donors (Lipinski definition) is 2. The fourth-order valence-corrected chi connectivity index (χ4v) is 3.25. The minimum absolute atomic E-state index is 0.0519. The second-order valence-corrected chi connectivity index (χ2v) is 7.16. The number of carbonyl (C=O) groups excluding carboxylic acids is 2. The normalized spacial score (nSPS) is 10.6. The molecule has 0 saturated heterocycles. The van der Waals surface area contributed by atoms with Crippen molar-refractivity contribution >= 4 is 11.7 Å². The first-order valence-corrected chi connectivity index (χ1v) is 10.2. The van der Waals surface area contributed by atoms with E-state index in [4.69, 9.17) is 0 Å². The molecule has 1 heterocycles. The van der Waals surface area contributed by atoms with E-state index < -0.39 is 0 Å². The maximum absolute atomic E-state index is 12.4. The molecule has 0 aliphatic heterocycles. The van der Waals surface area contributed by atoms with Crippen LogP contribution in [-0.2, 0) is 17.6 Å². The number of phenolic OH excluding ortho intramolecular Hbond substituents is 1. The number of hydrogen-bond acceptors (Lipinski definition) is 4. The SMILES string of the molecule is CCc1cc(-c2ccc(C(=O)CCC(=O)NCCc3cccnc3)cc2)ccc1O. The fraction of sp³-hybridized carbons (Fsp3) is 0.240. The van der Waals surface area contributed by atoms with Crippen LogP contribution >= 0.6 is 0 Å². The summed E-state index contributed by atoms with van der Waals surface area (Å²) in [7, 11) is 0. The van der Waals surface area contributed by atoms with E-state index >= 15 is 0 Å². The first-order valence-electron chi connectivity index (χ1n) is 10.2. The Morgan fingerprint density at radius 2 is 1.77 bits per heavy atom. The van der Waals surface area contributed by atoms with Crippen molar-refractivity contribution in [3.63, 3.8) is 0 Å². The number of benzene rings is 2. The van der Waals surface area contributed by atoms with Gasteiger partial charge in [-0.25, -0.2) is 0 Å². The molecule has 5 heteroatoms. The summed E-state index contributed by atoms with van der Waals surface area (Å²) in [5, 5.41) is 12.7. The zero-order valence-electron chi connectivity index (χ0n) is 17.1. The second-order valence-electron chi connectivity index (χ2n) is 7.16. The van der Waals surface area contributed by atoms with Gasteiger partial charge in [-0.1, -0.05) is 43.3 Å². The third kappa shape index (κ3) is 5.77. The summed E-state index contributed by atoms with van der Waals surface area (Å²) in [6.07, 6.45) is 5.31. The lowest BCUT2D eigenvalue weighted by Gasteiger charge is -2.08. The molecule has 0 atom stereocenters. The van der Waals surface area contributed by atoms with Crippen LogP contribution in [0.25, 0.3) is 11.1 Å². The van der Waals surface area contributed by atoms with Crippen molar-refractivity contribution in [2.45, 2.75) is 32.6 Å². The third-order valence-corrected chi connectivity index (χ3v) is 5.04. The van der Waals surface area contributed by atoms with E-state index in [1.54, 1.807) is 30.6 Å². The summed E-state index contributed by atoms with van der Waals surface area (Å²) >= 11 is 0. The van der Waals surface area contributed by atoms with E-state index in [1.165, 1.54) is 0 Å². The number of aryl methyl sites for hydroxylation is 1. The third-order valence-electron chi connectivity index (χ3n) is 5.04. The summed E-state index contributed by atoms with van der Waals surface area (Å²) in [5.74, 6) is 0.121. The van der Waals surface area contributed by atoms with Gasteiger partial charge in [-0.05, 0) is 53.3 Å². The Morgan fingerprint density at radius 1 is 1.00 bits per heavy atom. The second kappa shape index (κ2) is 10.3. The van der Waals surface area contributed by atoms with Gasteiger partial charge >= 0.3 is 0 Å². The van der Waals surface area contributed by atoms with Gasteiger partial charge in [0.05, 0.1) is 0 Å². The molecule has 30 heavy (non-hydrogen) atoms. The van der Waals surface area contributed by atoms with Crippen LogP contribution in [0.1, 0.15) is 41.3 Å². The summed E-state index contributed by atoms with van der Waals surface area (Å²) in [6.45, 7) is 2.52. The molecule has 0 unspecified atom stereocenters. The Labute approximate surface area is 176 Å². The van der Waals surface area contributed by atoms with Crippen molar-refractivity contribution < 1.29 is 14.7 Å². The minimum Gasteiger partial charge on any atom is -0.508 e. The summed E-state index contributed by atoms with van der Waals surface area (Å²) < 4.78 is 0. The van der Waals surface area contributed by atoms with Crippen molar-refractivity contribution in [2.24, 2.45) is 0 Å². The lowest BCUT2D eigenvalue weighted by atomic mass is 9.98. The lowest BCUT2D eigenvalue weighted by Crippen LogP contribution is -2.26. The molecule has 0 radical (unpaired) electrons. The van der Waals surface area contributed by atoms with Crippen LogP contribution in [0.5, 0.6) is 5.75 Å². The standard InChI is InChI=1S/C25H26N2O3/c1-2-19-16-22(9-10-23(19)28)20-5-7-21(8-6-20)24(29)11-12-25(30)27-15-13-18-4-3-14-26-17-18/h3-10,14,16-17,28H,2,11-13,15H2,1H3,(H,27,30). The predicted octanol–water partition coefficient (Wildman–Crippen LogP) is 4.34. The van der Waals surface area contributed by atoms with Gasteiger partial charge in [-0.3, -0.25) is 14.6 Å². The summed E-state index contributed by atoms with van der Waals surface area (Å²) in [4.78, 5) is 28.5. The van der Waals surface area contributed by atoms with Crippen molar-refractivity contribution in [3.8, 4) is 16.9 Å². The van der Waals surface area contributed by atoms with Crippen molar-refractivity contribution in [3.05, 3.63) is 83.7 Å². The lowest BCUT2D eigenvalue weighted by molar-refractivity contribution is -0.121. The number of nitrogens with one attached hydrogen (secondary N) is 1. The molecule has 0 aliphatic rings. The quantitative estimate of drug-likeness (QED) is 0.522. The van der Waals surface area contributed by atoms with Crippen molar-refractivity contribution in [1.82, 2.24) is 10.3 Å². The molecule has 1 amide bonds. The number of nitrogens with zero attached hydrogens (tertiary/aromatic N) is 1. The van der Waals surface area contributed by atoms with Crippen molar-refractivity contribution in [2.75, 3.05) is 6.54 Å². The molecule has 0 aliphatic carbocycles. The molecular formula is C25H26N2O3. The largest absolute Gasteiger partial charge is 0.508 e. The average molecular weight is 402 g/mol. The molecule has 0 saturated carbocycles. The number of aromatic hydroxyl groups is 1. The number of carbonyl (C=O) groups is 2. The number of phenols is 1. The number of ketones is 1. The highest BCUT2D eigenvalue weighted by Crippen LogP contribution is 2.26. The van der Waals surface area contributed by atoms with E-state index in [0.717, 1.165) is 28.7 Å². The molecule has 1 aromatic heterocycles. The summed E-state index contributed by atoms with van der Waals surface area (Å²) in [6, 6.07) is 16.7. The van der Waals surface area contributed by atoms with Gasteiger partial charge in [0.2, 0.25) is 5.91 Å². The van der Waals surface area contributed by atoms with Crippen LogP contribution in [0.4, 0.5) is 0 Å². The predicted molar refractivity (Wildman–Crippen MR) is 117 cm³/mol. The van der Waals surface area contributed by atoms with Gasteiger partial charge in [0, 0.05) is 37.3 Å². The molecule has 154 valence electrons. The Balaban J connectivity index is 1.49. The Morgan fingerprint density at radius 3 is 2.47 bits per heavy atom. The van der Waals surface area contributed by atoms with E-state index in [-0.39, 0.29) is 24.5 Å². The first kappa shape index (κ1) is 21.2. The smallest absolute Gasteiger partial charge is 0.220 e. The van der Waals surface area contributed by atoms with E-state index in [2.05, 4.69) is 10.3 Å². The highest BCUT2D eigenvalue weighted by Gasteiger charge is 2.10. The van der Waals surface area contributed by atoms with Crippen LogP contribution in [0.2, 0.25) is 0 Å². The van der Waals surface area contributed by atoms with Gasteiger partial charge in [0.15, 0.2) is 5.78 Å². The van der Waals surface area contributed by atoms with Crippen LogP contribution in [-0.4, -0.2) is 28.3 Å². The van der Waals surface area contributed by atoms with Crippen LogP contribution in [0.3, 0.4) is 0 Å². The van der Waals surface area contributed by atoms with E-state index in [9.17, 15) is 14.7 Å². The van der Waals surface area contributed by atoms with Crippen LogP contribution in [0.15, 0.2) is 67.0 Å². The molecule has 3 aromatic rings. The number of aromatic nitrogens is 1. The average Bonchev–Trinajstić information content (AvgIpc) is 2.78. The van der Waals surface area contributed by atoms with E-state index in [0.29, 0.717) is 24.3 Å².